The summed E-state index contributed by atoms with van der Waals surface area (Å²) in [4.78, 5) is 0. The standard InChI is InChI=1S/2Ca.2H2O.2O.W.4H/h;;2*1H2;;;;;;;/q2*+2;;;;;+2;4*-1/p-2. The molecule has 0 heterocycles. The van der Waals surface area contributed by atoms with Crippen LogP contribution < -0.4 is 0 Å². The summed E-state index contributed by atoms with van der Waals surface area (Å²) in [5.41, 5.74) is 0. The molecule has 40 valence electrons. The second-order valence-electron chi connectivity index (χ2n) is 0.448. The summed E-state index contributed by atoms with van der Waals surface area (Å²) in [6.07, 6.45) is 0. The fourth-order valence-electron chi connectivity index (χ4n) is 0. The first-order valence-electron chi connectivity index (χ1n) is 0.698. The molecule has 7 heavy (non-hydrogen) atoms. The van der Waals surface area contributed by atoms with Crippen molar-refractivity contribution in [2.75, 3.05) is 0 Å². The monoisotopic (exact) mass is 334 g/mol. The molecule has 0 spiro atoms. The van der Waals surface area contributed by atoms with E-state index in [0.717, 1.165) is 0 Å². The Labute approximate surface area is 110 Å². The Balaban J connectivity index is -0.00000000533. The van der Waals surface area contributed by atoms with Crippen LogP contribution in [-0.4, -0.2) is 83.0 Å². The Kier molecular flexibility index (Phi) is 16.0. The molecular weight excluding hydrogens is 328 g/mol. The molecule has 0 aromatic heterocycles. The summed E-state index contributed by atoms with van der Waals surface area (Å²) >= 11 is -5.67. The fourth-order valence-corrected chi connectivity index (χ4v) is 0. The third kappa shape index (κ3) is 53.1. The normalized spacial score (nSPS) is 8.29. The van der Waals surface area contributed by atoms with Crippen molar-refractivity contribution in [3.05, 3.63) is 0 Å². The van der Waals surface area contributed by atoms with Gasteiger partial charge in [0.25, 0.3) is 0 Å². The fraction of sp³-hybridized carbons (Fsp3) is 0. The van der Waals surface area contributed by atoms with Crippen molar-refractivity contribution in [3.8, 4) is 0 Å². The van der Waals surface area contributed by atoms with Crippen LogP contribution in [0.15, 0.2) is 0 Å². The quantitative estimate of drug-likeness (QED) is 0.520. The zero-order valence-corrected chi connectivity index (χ0v) is 10.9. The summed E-state index contributed by atoms with van der Waals surface area (Å²) in [6.45, 7) is 0. The van der Waals surface area contributed by atoms with Gasteiger partial charge < -0.3 is 5.71 Å². The molecule has 7 heteroatoms. The van der Waals surface area contributed by atoms with E-state index in [-0.39, 0.29) is 81.2 Å². The predicted molar refractivity (Wildman–Crippen MR) is 21.8 cm³/mol. The van der Waals surface area contributed by atoms with Crippen molar-refractivity contribution >= 4 is 75.5 Å². The summed E-state index contributed by atoms with van der Waals surface area (Å²) in [5.74, 6) is 0. The zero-order chi connectivity index (χ0) is 4.50. The molecule has 0 radical (unpaired) electrons. The average molecular weight is 334 g/mol. The van der Waals surface area contributed by atoms with Crippen molar-refractivity contribution in [1.29, 1.82) is 0 Å². The summed E-state index contributed by atoms with van der Waals surface area (Å²) in [5, 5.41) is 0. The first-order valence-corrected chi connectivity index (χ1v) is 5.72. The summed E-state index contributed by atoms with van der Waals surface area (Å²) in [6, 6.07) is 0. The van der Waals surface area contributed by atoms with Gasteiger partial charge in [0.1, 0.15) is 0 Å². The zero-order valence-electron chi connectivity index (χ0n) is 7.53. The van der Waals surface area contributed by atoms with Gasteiger partial charge in [-0.2, -0.15) is 0 Å². The van der Waals surface area contributed by atoms with Crippen LogP contribution >= 0.6 is 0 Å². The Hall–Kier alpha value is 2.73. The van der Waals surface area contributed by atoms with Crippen LogP contribution in [0.25, 0.3) is 0 Å². The van der Waals surface area contributed by atoms with Gasteiger partial charge >= 0.3 is 107 Å². The van der Waals surface area contributed by atoms with E-state index < -0.39 is 16.7 Å². The van der Waals surface area contributed by atoms with E-state index in [4.69, 9.17) is 14.3 Å². The van der Waals surface area contributed by atoms with E-state index in [0.29, 0.717) is 0 Å². The molecule has 0 rings (SSSR count). The molecule has 0 saturated heterocycles. The topological polar surface area (TPSA) is 74.6 Å². The molecule has 2 N–H and O–H groups in total. The van der Waals surface area contributed by atoms with Gasteiger partial charge in [-0.05, 0) is 0 Å². The molecule has 0 aliphatic rings. The third-order valence-corrected chi connectivity index (χ3v) is 0. The minimum absolute atomic E-state index is 0. The van der Waals surface area contributed by atoms with E-state index in [1.165, 1.54) is 0 Å². The molecule has 0 atom stereocenters. The predicted octanol–water partition coefficient (Wildman–Crippen LogP) is -1.67. The van der Waals surface area contributed by atoms with Gasteiger partial charge in [-0.25, -0.2) is 0 Å². The van der Waals surface area contributed by atoms with Gasteiger partial charge in [-0.3, -0.25) is 0 Å². The van der Waals surface area contributed by atoms with Crippen LogP contribution in [0.2, 0.25) is 0 Å². The van der Waals surface area contributed by atoms with Crippen LogP contribution in [0.3, 0.4) is 0 Å². The van der Waals surface area contributed by atoms with Crippen molar-refractivity contribution < 1.29 is 36.8 Å². The van der Waals surface area contributed by atoms with E-state index in [2.05, 4.69) is 0 Å². The molecule has 0 aliphatic carbocycles. The first-order chi connectivity index (χ1) is 2.00. The van der Waals surface area contributed by atoms with Gasteiger partial charge in [0, 0.05) is 0 Å². The first kappa shape index (κ1) is 16.4. The van der Waals surface area contributed by atoms with Gasteiger partial charge in [0.15, 0.2) is 0 Å². The second-order valence-corrected chi connectivity index (χ2v) is 3.67. The summed E-state index contributed by atoms with van der Waals surface area (Å²) in [7, 11) is 0. The van der Waals surface area contributed by atoms with Crippen molar-refractivity contribution in [1.82, 2.24) is 0 Å². The van der Waals surface area contributed by atoms with Crippen LogP contribution in [0.4, 0.5) is 0 Å². The number of hydrogen-bond donors (Lipinski definition) is 2. The van der Waals surface area contributed by atoms with Gasteiger partial charge in [0.05, 0.1) is 0 Å². The van der Waals surface area contributed by atoms with E-state index >= 15 is 0 Å². The second kappa shape index (κ2) is 6.84. The SMILES string of the molecule is [Ca+2].[Ca+2].[H-].[H-].[H-].[H-].[O]=[W](=[O])([OH])[OH]. The number of hydrogen-bond acceptors (Lipinski definition) is 2. The van der Waals surface area contributed by atoms with Gasteiger partial charge in [-0.15, -0.1) is 0 Å². The van der Waals surface area contributed by atoms with Gasteiger partial charge in [0.2, 0.25) is 0 Å². The molecular formula is H6Ca2O4W. The Bertz CT molecular complexity index is 103. The van der Waals surface area contributed by atoms with Crippen LogP contribution in [-0.2, 0) is 23.5 Å². The van der Waals surface area contributed by atoms with Crippen molar-refractivity contribution in [2.24, 2.45) is 0 Å². The van der Waals surface area contributed by atoms with Crippen LogP contribution in [0.1, 0.15) is 5.71 Å². The Morgan fingerprint density at radius 1 is 1.14 bits per heavy atom. The molecule has 0 amide bonds. The maximum atomic E-state index is 8.87. The van der Waals surface area contributed by atoms with Crippen LogP contribution in [0.5, 0.6) is 0 Å². The van der Waals surface area contributed by atoms with Crippen molar-refractivity contribution in [2.45, 2.75) is 0 Å². The molecule has 4 nitrogen and oxygen atoms in total. The molecule has 0 saturated carbocycles. The number of rotatable bonds is 0. The maximum absolute atomic E-state index is 8.87. The van der Waals surface area contributed by atoms with E-state index in [9.17, 15) is 0 Å². The molecule has 0 fully saturated rings. The van der Waals surface area contributed by atoms with E-state index in [1.54, 1.807) is 0 Å². The molecule has 0 aromatic rings. The molecule has 0 unspecified atom stereocenters. The van der Waals surface area contributed by atoms with Crippen molar-refractivity contribution in [3.63, 3.8) is 0 Å². The summed E-state index contributed by atoms with van der Waals surface area (Å²) < 4.78 is 32.1. The Morgan fingerprint density at radius 2 is 1.14 bits per heavy atom. The minimum atomic E-state index is -5.67. The average Bonchev–Trinajstić information content (AvgIpc) is 0.722. The van der Waals surface area contributed by atoms with Crippen LogP contribution in [0, 0.1) is 0 Å². The molecule has 0 aromatic carbocycles. The third-order valence-electron chi connectivity index (χ3n) is 0. The Morgan fingerprint density at radius 3 is 1.14 bits per heavy atom. The molecule has 0 aliphatic heterocycles. The van der Waals surface area contributed by atoms with Gasteiger partial charge in [-0.1, -0.05) is 0 Å². The molecule has 0 bridgehead atoms. The van der Waals surface area contributed by atoms with E-state index in [1.807, 2.05) is 0 Å².